The minimum absolute atomic E-state index is 0.0850. The zero-order valence-corrected chi connectivity index (χ0v) is 10.8. The van der Waals surface area contributed by atoms with Gasteiger partial charge < -0.3 is 5.11 Å². The average molecular weight is 243 g/mol. The topological polar surface area (TPSA) is 63.4 Å². The monoisotopic (exact) mass is 243 g/mol. The van der Waals surface area contributed by atoms with Crippen molar-refractivity contribution in [2.24, 2.45) is 17.8 Å². The molecule has 0 bridgehead atoms. The van der Waals surface area contributed by atoms with Crippen LogP contribution >= 0.6 is 0 Å². The quantitative estimate of drug-likeness (QED) is 0.443. The van der Waals surface area contributed by atoms with E-state index >= 15 is 0 Å². The molecule has 1 aliphatic rings. The molecule has 0 heterocycles. The van der Waals surface area contributed by atoms with Gasteiger partial charge in [-0.25, -0.2) is 0 Å². The summed E-state index contributed by atoms with van der Waals surface area (Å²) < 4.78 is 0. The normalized spacial score (nSPS) is 29.9. The Balaban J connectivity index is 2.48. The molecule has 0 radical (unpaired) electrons. The van der Waals surface area contributed by atoms with Crippen molar-refractivity contribution in [2.45, 2.75) is 51.9 Å². The van der Waals surface area contributed by atoms with Gasteiger partial charge in [0.2, 0.25) is 6.54 Å². The van der Waals surface area contributed by atoms with Gasteiger partial charge in [0.25, 0.3) is 0 Å². The molecule has 0 aromatic heterocycles. The van der Waals surface area contributed by atoms with Crippen molar-refractivity contribution >= 4 is 0 Å². The third kappa shape index (κ3) is 5.48. The molecule has 4 nitrogen and oxygen atoms in total. The average Bonchev–Trinajstić information content (AvgIpc) is 2.49. The Morgan fingerprint density at radius 3 is 2.41 bits per heavy atom. The highest BCUT2D eigenvalue weighted by molar-refractivity contribution is 4.76. The lowest BCUT2D eigenvalue weighted by atomic mass is 9.87. The number of aliphatic hydroxyl groups is 1. The van der Waals surface area contributed by atoms with Gasteiger partial charge in [0.1, 0.15) is 0 Å². The molecular formula is C13H25NO3. The van der Waals surface area contributed by atoms with Crippen LogP contribution in [-0.4, -0.2) is 23.2 Å². The highest BCUT2D eigenvalue weighted by Crippen LogP contribution is 2.35. The molecule has 0 aromatic carbocycles. The van der Waals surface area contributed by atoms with E-state index in [4.69, 9.17) is 0 Å². The summed E-state index contributed by atoms with van der Waals surface area (Å²) in [4.78, 5) is 10.2. The molecule has 1 fully saturated rings. The molecule has 0 aliphatic heterocycles. The Morgan fingerprint density at radius 1 is 1.18 bits per heavy atom. The van der Waals surface area contributed by atoms with Crippen molar-refractivity contribution in [3.63, 3.8) is 0 Å². The van der Waals surface area contributed by atoms with Gasteiger partial charge in [-0.05, 0) is 37.0 Å². The van der Waals surface area contributed by atoms with Crippen molar-refractivity contribution in [1.82, 2.24) is 0 Å². The van der Waals surface area contributed by atoms with E-state index < -0.39 is 0 Å². The lowest BCUT2D eigenvalue weighted by molar-refractivity contribution is -0.481. The van der Waals surface area contributed by atoms with Crippen LogP contribution in [0, 0.1) is 27.9 Å². The summed E-state index contributed by atoms with van der Waals surface area (Å²) in [7, 11) is 0. The smallest absolute Gasteiger partial charge is 0.204 e. The number of nitro groups is 1. The molecule has 3 atom stereocenters. The molecule has 1 rings (SSSR count). The van der Waals surface area contributed by atoms with E-state index in [0.29, 0.717) is 24.2 Å². The van der Waals surface area contributed by atoms with Gasteiger partial charge >= 0.3 is 0 Å². The Kier molecular flexibility index (Phi) is 6.48. The van der Waals surface area contributed by atoms with Gasteiger partial charge in [-0.3, -0.25) is 10.1 Å². The Morgan fingerprint density at radius 2 is 1.82 bits per heavy atom. The fourth-order valence-electron chi connectivity index (χ4n) is 3.11. The molecule has 4 heteroatoms. The lowest BCUT2D eigenvalue weighted by Gasteiger charge is -2.18. The van der Waals surface area contributed by atoms with E-state index in [-0.39, 0.29) is 18.1 Å². The molecule has 0 amide bonds. The number of rotatable bonds is 6. The predicted molar refractivity (Wildman–Crippen MR) is 67.4 cm³/mol. The maximum atomic E-state index is 10.4. The maximum absolute atomic E-state index is 10.4. The van der Waals surface area contributed by atoms with Crippen LogP contribution in [0.3, 0.4) is 0 Å². The highest BCUT2D eigenvalue weighted by atomic mass is 16.6. The third-order valence-electron chi connectivity index (χ3n) is 3.99. The van der Waals surface area contributed by atoms with E-state index in [0.717, 1.165) is 19.3 Å². The first-order valence-corrected chi connectivity index (χ1v) is 6.88. The van der Waals surface area contributed by atoms with Crippen LogP contribution in [0.4, 0.5) is 0 Å². The van der Waals surface area contributed by atoms with Gasteiger partial charge in [-0.1, -0.05) is 26.2 Å². The van der Waals surface area contributed by atoms with Gasteiger partial charge in [-0.2, -0.15) is 0 Å². The van der Waals surface area contributed by atoms with Crippen LogP contribution in [0.25, 0.3) is 0 Å². The minimum atomic E-state index is -0.215. The van der Waals surface area contributed by atoms with Gasteiger partial charge in [-0.15, -0.1) is 0 Å². The molecule has 0 saturated heterocycles. The van der Waals surface area contributed by atoms with E-state index in [1.807, 2.05) is 0 Å². The first-order chi connectivity index (χ1) is 8.15. The number of hydrogen-bond donors (Lipinski definition) is 1. The van der Waals surface area contributed by atoms with Crippen LogP contribution in [0.15, 0.2) is 0 Å². The zero-order chi connectivity index (χ0) is 12.7. The number of aliphatic hydroxyl groups excluding tert-OH is 1. The minimum Gasteiger partial charge on any atom is -0.396 e. The molecule has 1 saturated carbocycles. The maximum Gasteiger partial charge on any atom is 0.204 e. The fraction of sp³-hybridized carbons (Fsp3) is 1.00. The fourth-order valence-corrected chi connectivity index (χ4v) is 3.11. The Hall–Kier alpha value is -0.640. The van der Waals surface area contributed by atoms with Crippen LogP contribution < -0.4 is 0 Å². The van der Waals surface area contributed by atoms with Crippen molar-refractivity contribution in [3.05, 3.63) is 10.1 Å². The predicted octanol–water partition coefficient (Wildman–Crippen LogP) is 2.87. The molecule has 1 N–H and O–H groups in total. The lowest BCUT2D eigenvalue weighted by Crippen LogP contribution is -2.14. The molecule has 17 heavy (non-hydrogen) atoms. The van der Waals surface area contributed by atoms with E-state index in [1.54, 1.807) is 0 Å². The van der Waals surface area contributed by atoms with Gasteiger partial charge in [0.15, 0.2) is 0 Å². The van der Waals surface area contributed by atoms with Crippen molar-refractivity contribution in [1.29, 1.82) is 0 Å². The molecule has 0 spiro atoms. The van der Waals surface area contributed by atoms with Crippen molar-refractivity contribution in [3.8, 4) is 0 Å². The van der Waals surface area contributed by atoms with E-state index in [1.165, 1.54) is 19.3 Å². The van der Waals surface area contributed by atoms with E-state index in [2.05, 4.69) is 6.92 Å². The summed E-state index contributed by atoms with van der Waals surface area (Å²) in [6.45, 7) is 2.52. The van der Waals surface area contributed by atoms with Gasteiger partial charge in [0, 0.05) is 18.0 Å². The first kappa shape index (κ1) is 14.4. The standard InChI is InChI=1S/C13H25NO3/c1-2-3-11-4-5-13(10-15)9-12(8-11)6-7-14(16)17/h11-13,15H,2-10H2,1H3. The van der Waals surface area contributed by atoms with Crippen LogP contribution in [-0.2, 0) is 0 Å². The molecule has 1 aliphatic carbocycles. The highest BCUT2D eigenvalue weighted by Gasteiger charge is 2.25. The zero-order valence-electron chi connectivity index (χ0n) is 10.8. The Labute approximate surface area is 104 Å². The van der Waals surface area contributed by atoms with Crippen molar-refractivity contribution < 1.29 is 10.0 Å². The third-order valence-corrected chi connectivity index (χ3v) is 3.99. The van der Waals surface area contributed by atoms with E-state index in [9.17, 15) is 15.2 Å². The number of nitrogens with zero attached hydrogens (tertiary/aromatic N) is 1. The van der Waals surface area contributed by atoms with Crippen LogP contribution in [0.2, 0.25) is 0 Å². The summed E-state index contributed by atoms with van der Waals surface area (Å²) in [6, 6.07) is 0. The summed E-state index contributed by atoms with van der Waals surface area (Å²) in [5.74, 6) is 1.53. The van der Waals surface area contributed by atoms with Gasteiger partial charge in [0.05, 0.1) is 0 Å². The second kappa shape index (κ2) is 7.64. The molecule has 3 unspecified atom stereocenters. The second-order valence-corrected chi connectivity index (χ2v) is 5.46. The molecular weight excluding hydrogens is 218 g/mol. The molecule has 0 aromatic rings. The van der Waals surface area contributed by atoms with Crippen LogP contribution in [0.5, 0.6) is 0 Å². The molecule has 100 valence electrons. The summed E-state index contributed by atoms with van der Waals surface area (Å²) in [6.07, 6.45) is 7.49. The first-order valence-electron chi connectivity index (χ1n) is 6.88. The summed E-state index contributed by atoms with van der Waals surface area (Å²) in [5.41, 5.74) is 0. The SMILES string of the molecule is CCCC1CCC(CO)CC(CC[N+](=O)[O-])C1. The van der Waals surface area contributed by atoms with Crippen molar-refractivity contribution in [2.75, 3.05) is 13.2 Å². The number of hydrogen-bond acceptors (Lipinski definition) is 3. The van der Waals surface area contributed by atoms with Crippen LogP contribution in [0.1, 0.15) is 51.9 Å². The second-order valence-electron chi connectivity index (χ2n) is 5.46. The largest absolute Gasteiger partial charge is 0.396 e. The Bertz CT molecular complexity index is 233. The summed E-state index contributed by atoms with van der Waals surface area (Å²) in [5, 5.41) is 19.7. The summed E-state index contributed by atoms with van der Waals surface area (Å²) >= 11 is 0.